The molecule has 7 heteroatoms. The molecular formula is C21H36N4O2S. The molecule has 2 heterocycles. The summed E-state index contributed by atoms with van der Waals surface area (Å²) in [5.74, 6) is 0.995. The van der Waals surface area contributed by atoms with Gasteiger partial charge in [-0.25, -0.2) is 9.78 Å². The fourth-order valence-corrected chi connectivity index (χ4v) is 4.47. The Labute approximate surface area is 172 Å². The molecule has 0 fully saturated rings. The highest BCUT2D eigenvalue weighted by Crippen LogP contribution is 2.24. The minimum absolute atomic E-state index is 0.327. The van der Waals surface area contributed by atoms with Crippen molar-refractivity contribution in [1.29, 1.82) is 0 Å². The van der Waals surface area contributed by atoms with Crippen molar-refractivity contribution >= 4 is 22.9 Å². The highest BCUT2D eigenvalue weighted by atomic mass is 32.2. The number of unbranched alkanes of at least 4 members (excludes halogenated alkanes) is 9. The molecule has 28 heavy (non-hydrogen) atoms. The van der Waals surface area contributed by atoms with Crippen LogP contribution >= 0.6 is 11.8 Å². The second-order valence-electron chi connectivity index (χ2n) is 7.57. The van der Waals surface area contributed by atoms with Gasteiger partial charge in [0.05, 0.1) is 0 Å². The van der Waals surface area contributed by atoms with Crippen LogP contribution in [0.3, 0.4) is 0 Å². The lowest BCUT2D eigenvalue weighted by Gasteiger charge is -2.08. The first-order valence-corrected chi connectivity index (χ1v) is 11.9. The van der Waals surface area contributed by atoms with E-state index in [1.807, 2.05) is 4.57 Å². The smallest absolute Gasteiger partial charge is 0.313 e. The number of H-pyrrole nitrogens is 1. The van der Waals surface area contributed by atoms with Crippen LogP contribution in [0.2, 0.25) is 0 Å². The number of aryl methyl sites for hydroxylation is 2. The maximum Gasteiger partial charge on any atom is 0.329 e. The van der Waals surface area contributed by atoms with Gasteiger partial charge in [0.15, 0.2) is 16.3 Å². The van der Waals surface area contributed by atoms with E-state index in [1.165, 1.54) is 55.9 Å². The minimum Gasteiger partial charge on any atom is -0.313 e. The number of aromatic nitrogens is 4. The van der Waals surface area contributed by atoms with Gasteiger partial charge in [-0.15, -0.1) is 0 Å². The van der Waals surface area contributed by atoms with E-state index in [-0.39, 0.29) is 5.56 Å². The molecule has 0 unspecified atom stereocenters. The van der Waals surface area contributed by atoms with Gasteiger partial charge in [0, 0.05) is 19.3 Å². The summed E-state index contributed by atoms with van der Waals surface area (Å²) < 4.78 is 3.48. The first-order chi connectivity index (χ1) is 13.6. The third kappa shape index (κ3) is 6.26. The molecule has 0 spiro atoms. The van der Waals surface area contributed by atoms with Crippen LogP contribution in [0.4, 0.5) is 0 Å². The van der Waals surface area contributed by atoms with Gasteiger partial charge in [-0.05, 0) is 12.8 Å². The SMILES string of the molecule is CCCCCCCCn1c(SCCCCCCC)nc2c1c(=O)[nH]c(=O)n2C. The first kappa shape index (κ1) is 22.8. The predicted octanol–water partition coefficient (Wildman–Crippen LogP) is 4.85. The number of fused-ring (bicyclic) bond motifs is 1. The average Bonchev–Trinajstić information content (AvgIpc) is 3.04. The zero-order valence-electron chi connectivity index (χ0n) is 17.8. The lowest BCUT2D eigenvalue weighted by atomic mass is 10.1. The van der Waals surface area contributed by atoms with Crippen LogP contribution in [0.15, 0.2) is 14.7 Å². The normalized spacial score (nSPS) is 11.5. The molecule has 0 aliphatic heterocycles. The average molecular weight is 409 g/mol. The summed E-state index contributed by atoms with van der Waals surface area (Å²) in [5.41, 5.74) is 0.293. The van der Waals surface area contributed by atoms with Crippen LogP contribution in [0.5, 0.6) is 0 Å². The molecule has 2 rings (SSSR count). The van der Waals surface area contributed by atoms with Crippen molar-refractivity contribution in [2.45, 2.75) is 96.2 Å². The number of rotatable bonds is 14. The molecule has 0 atom stereocenters. The van der Waals surface area contributed by atoms with Crippen LogP contribution in [-0.2, 0) is 13.6 Å². The van der Waals surface area contributed by atoms with Gasteiger partial charge < -0.3 is 4.57 Å². The number of hydrogen-bond acceptors (Lipinski definition) is 4. The van der Waals surface area contributed by atoms with Crippen LogP contribution < -0.4 is 11.2 Å². The van der Waals surface area contributed by atoms with Gasteiger partial charge in [0.25, 0.3) is 5.56 Å². The van der Waals surface area contributed by atoms with Gasteiger partial charge >= 0.3 is 5.69 Å². The topological polar surface area (TPSA) is 72.7 Å². The van der Waals surface area contributed by atoms with Crippen LogP contribution in [0, 0.1) is 0 Å². The van der Waals surface area contributed by atoms with Crippen LogP contribution in [-0.4, -0.2) is 24.9 Å². The van der Waals surface area contributed by atoms with E-state index in [4.69, 9.17) is 0 Å². The maximum atomic E-state index is 12.5. The van der Waals surface area contributed by atoms with E-state index < -0.39 is 5.69 Å². The van der Waals surface area contributed by atoms with Gasteiger partial charge in [-0.1, -0.05) is 83.4 Å². The molecule has 158 valence electrons. The Morgan fingerprint density at radius 3 is 2.18 bits per heavy atom. The Morgan fingerprint density at radius 2 is 1.50 bits per heavy atom. The zero-order chi connectivity index (χ0) is 20.4. The number of nitrogens with zero attached hydrogens (tertiary/aromatic N) is 3. The number of hydrogen-bond donors (Lipinski definition) is 1. The molecule has 1 N–H and O–H groups in total. The lowest BCUT2D eigenvalue weighted by molar-refractivity contribution is 0.544. The molecular weight excluding hydrogens is 372 g/mol. The molecule has 6 nitrogen and oxygen atoms in total. The first-order valence-electron chi connectivity index (χ1n) is 10.9. The van der Waals surface area contributed by atoms with Crippen molar-refractivity contribution in [3.8, 4) is 0 Å². The Morgan fingerprint density at radius 1 is 0.893 bits per heavy atom. The number of nitrogens with one attached hydrogen (secondary N) is 1. The molecule has 0 amide bonds. The fourth-order valence-electron chi connectivity index (χ4n) is 3.45. The quantitative estimate of drug-likeness (QED) is 0.358. The predicted molar refractivity (Wildman–Crippen MR) is 118 cm³/mol. The summed E-state index contributed by atoms with van der Waals surface area (Å²) in [6.45, 7) is 5.23. The van der Waals surface area contributed by atoms with E-state index in [0.717, 1.165) is 36.7 Å². The van der Waals surface area contributed by atoms with Crippen molar-refractivity contribution in [2.24, 2.45) is 7.05 Å². The monoisotopic (exact) mass is 408 g/mol. The summed E-state index contributed by atoms with van der Waals surface area (Å²) in [7, 11) is 1.67. The van der Waals surface area contributed by atoms with Crippen LogP contribution in [0.25, 0.3) is 11.2 Å². The Kier molecular flexibility index (Phi) is 9.88. The van der Waals surface area contributed by atoms with Gasteiger partial charge in [0.2, 0.25) is 0 Å². The molecule has 2 aromatic heterocycles. The molecule has 0 saturated heterocycles. The molecule has 0 radical (unpaired) electrons. The Balaban J connectivity index is 2.11. The molecule has 0 saturated carbocycles. The molecule has 0 aromatic carbocycles. The van der Waals surface area contributed by atoms with E-state index in [9.17, 15) is 9.59 Å². The zero-order valence-corrected chi connectivity index (χ0v) is 18.6. The second-order valence-corrected chi connectivity index (χ2v) is 8.63. The van der Waals surface area contributed by atoms with Gasteiger partial charge in [-0.2, -0.15) is 0 Å². The van der Waals surface area contributed by atoms with E-state index in [0.29, 0.717) is 11.2 Å². The lowest BCUT2D eigenvalue weighted by Crippen LogP contribution is -2.29. The van der Waals surface area contributed by atoms with Crippen molar-refractivity contribution in [2.75, 3.05) is 5.75 Å². The van der Waals surface area contributed by atoms with E-state index in [2.05, 4.69) is 23.8 Å². The van der Waals surface area contributed by atoms with Crippen molar-refractivity contribution in [1.82, 2.24) is 19.1 Å². The summed E-state index contributed by atoms with van der Waals surface area (Å²) in [5, 5.41) is 0.866. The largest absolute Gasteiger partial charge is 0.329 e. The number of aromatic amines is 1. The second kappa shape index (κ2) is 12.1. The molecule has 0 bridgehead atoms. The van der Waals surface area contributed by atoms with Crippen molar-refractivity contribution in [3.63, 3.8) is 0 Å². The molecule has 0 aliphatic rings. The molecule has 2 aromatic rings. The van der Waals surface area contributed by atoms with Gasteiger partial charge in [0.1, 0.15) is 0 Å². The fraction of sp³-hybridized carbons (Fsp3) is 0.762. The minimum atomic E-state index is -0.405. The van der Waals surface area contributed by atoms with Gasteiger partial charge in [-0.3, -0.25) is 14.3 Å². The standard InChI is InChI=1S/C21H36N4O2S/c1-4-6-8-10-11-13-15-25-17-18(24(3)20(27)23-19(17)26)22-21(25)28-16-14-12-9-7-5-2/h4-16H2,1-3H3,(H,23,26,27). The Bertz CT molecular complexity index is 837. The Hall–Kier alpha value is -1.50. The number of thioether (sulfide) groups is 1. The van der Waals surface area contributed by atoms with E-state index >= 15 is 0 Å². The summed E-state index contributed by atoms with van der Waals surface area (Å²) in [6, 6.07) is 0. The van der Waals surface area contributed by atoms with Crippen molar-refractivity contribution < 1.29 is 0 Å². The third-order valence-electron chi connectivity index (χ3n) is 5.19. The third-order valence-corrected chi connectivity index (χ3v) is 6.25. The summed E-state index contributed by atoms with van der Waals surface area (Å²) in [6.07, 6.45) is 13.4. The van der Waals surface area contributed by atoms with E-state index in [1.54, 1.807) is 18.8 Å². The highest BCUT2D eigenvalue weighted by Gasteiger charge is 2.17. The summed E-state index contributed by atoms with van der Waals surface area (Å²) >= 11 is 1.71. The summed E-state index contributed by atoms with van der Waals surface area (Å²) in [4.78, 5) is 31.5. The number of imidazole rings is 1. The maximum absolute atomic E-state index is 12.5. The van der Waals surface area contributed by atoms with Crippen LogP contribution in [0.1, 0.15) is 84.5 Å². The highest BCUT2D eigenvalue weighted by molar-refractivity contribution is 7.99. The van der Waals surface area contributed by atoms with Crippen molar-refractivity contribution in [3.05, 3.63) is 20.8 Å². The molecule has 0 aliphatic carbocycles.